The van der Waals surface area contributed by atoms with Crippen LogP contribution in [-0.2, 0) is 10.0 Å². The Bertz CT molecular complexity index is 926. The molecule has 2 aromatic rings. The molecular weight excluding hydrogens is 356 g/mol. The molecule has 142 valence electrons. The lowest BCUT2D eigenvalue weighted by molar-refractivity contribution is 0.0698. The van der Waals surface area contributed by atoms with Gasteiger partial charge in [-0.3, -0.25) is 0 Å². The molecule has 1 fully saturated rings. The maximum Gasteiger partial charge on any atom is 0.336 e. The van der Waals surface area contributed by atoms with Crippen LogP contribution in [0.1, 0.15) is 35.7 Å². The zero-order valence-corrected chi connectivity index (χ0v) is 16.0. The quantitative estimate of drug-likeness (QED) is 0.858. The van der Waals surface area contributed by atoms with Gasteiger partial charge >= 0.3 is 5.97 Å². The van der Waals surface area contributed by atoms with Gasteiger partial charge in [-0.25, -0.2) is 17.5 Å². The molecule has 0 aliphatic carbocycles. The highest BCUT2D eigenvalue weighted by atomic mass is 32.2. The molecule has 0 bridgehead atoms. The van der Waals surface area contributed by atoms with Gasteiger partial charge in [-0.15, -0.1) is 0 Å². The topological polar surface area (TPSA) is 91.1 Å². The number of hydrogen-bond donors (Lipinski definition) is 1. The smallest absolute Gasteiger partial charge is 0.336 e. The van der Waals surface area contributed by atoms with Crippen molar-refractivity contribution in [2.24, 2.45) is 0 Å². The molecule has 1 aromatic heterocycles. The van der Waals surface area contributed by atoms with Crippen molar-refractivity contribution >= 4 is 32.6 Å². The number of carboxylic acids is 1. The number of fused-ring (bicyclic) bond motifs is 1. The second-order valence-electron chi connectivity index (χ2n) is 6.71. The molecule has 3 rings (SSSR count). The van der Waals surface area contributed by atoms with E-state index in [0.29, 0.717) is 49.0 Å². The van der Waals surface area contributed by atoms with Crippen LogP contribution in [0.4, 0.5) is 5.69 Å². The molecule has 0 amide bonds. The summed E-state index contributed by atoms with van der Waals surface area (Å²) in [5.41, 5.74) is 2.36. The predicted molar refractivity (Wildman–Crippen MR) is 100 cm³/mol. The molecule has 7 nitrogen and oxygen atoms in total. The van der Waals surface area contributed by atoms with E-state index in [1.54, 1.807) is 6.07 Å². The van der Waals surface area contributed by atoms with Crippen LogP contribution in [0.15, 0.2) is 22.8 Å². The number of sulfonamides is 1. The first-order chi connectivity index (χ1) is 12.2. The van der Waals surface area contributed by atoms with Crippen molar-refractivity contribution in [1.82, 2.24) is 4.31 Å². The Morgan fingerprint density at radius 3 is 2.58 bits per heavy atom. The van der Waals surface area contributed by atoms with E-state index in [1.165, 1.54) is 16.8 Å². The summed E-state index contributed by atoms with van der Waals surface area (Å²) in [5, 5.41) is 10.3. The highest BCUT2D eigenvalue weighted by Crippen LogP contribution is 2.34. The molecule has 0 radical (unpaired) electrons. The second-order valence-corrected chi connectivity index (χ2v) is 8.69. The van der Waals surface area contributed by atoms with Crippen molar-refractivity contribution < 1.29 is 22.7 Å². The Balaban J connectivity index is 1.96. The Morgan fingerprint density at radius 1 is 1.38 bits per heavy atom. The molecule has 0 atom stereocenters. The maximum absolute atomic E-state index is 11.8. The minimum Gasteiger partial charge on any atom is -0.478 e. The minimum atomic E-state index is -3.17. The third-order valence-electron chi connectivity index (χ3n) is 5.19. The van der Waals surface area contributed by atoms with Crippen LogP contribution in [0.3, 0.4) is 0 Å². The first kappa shape index (κ1) is 18.7. The fraction of sp³-hybridized carbons (Fsp3) is 0.500. The molecule has 0 spiro atoms. The Morgan fingerprint density at radius 2 is 2.04 bits per heavy atom. The Labute approximate surface area is 153 Å². The predicted octanol–water partition coefficient (Wildman–Crippen LogP) is 2.69. The molecular formula is C18H24N2O5S. The van der Waals surface area contributed by atoms with Crippen molar-refractivity contribution in [1.29, 1.82) is 0 Å². The van der Waals surface area contributed by atoms with Gasteiger partial charge in [-0.2, -0.15) is 0 Å². The van der Waals surface area contributed by atoms with Gasteiger partial charge in [-0.1, -0.05) is 0 Å². The lowest BCUT2D eigenvalue weighted by Crippen LogP contribution is -2.46. The fourth-order valence-electron chi connectivity index (χ4n) is 3.89. The summed E-state index contributed by atoms with van der Waals surface area (Å²) >= 11 is 0. The lowest BCUT2D eigenvalue weighted by atomic mass is 9.98. The summed E-state index contributed by atoms with van der Waals surface area (Å²) < 4.78 is 30.4. The van der Waals surface area contributed by atoms with E-state index in [1.807, 2.05) is 19.9 Å². The Kier molecular flexibility index (Phi) is 4.98. The number of hydrogen-bond acceptors (Lipinski definition) is 5. The number of carboxylic acid groups (broad SMARTS) is 1. The average Bonchev–Trinajstić information content (AvgIpc) is 3.03. The SMILES string of the molecule is CCN(c1cc2occc2c(C(=O)O)c1C)C1CCN(S(C)(=O)=O)CC1. The molecule has 1 saturated heterocycles. The number of carbonyl (C=O) groups is 1. The van der Waals surface area contributed by atoms with Crippen molar-refractivity contribution in [3.63, 3.8) is 0 Å². The molecule has 1 N–H and O–H groups in total. The van der Waals surface area contributed by atoms with Gasteiger partial charge < -0.3 is 14.4 Å². The summed E-state index contributed by atoms with van der Waals surface area (Å²) in [7, 11) is -3.17. The first-order valence-corrected chi connectivity index (χ1v) is 10.5. The number of nitrogens with zero attached hydrogens (tertiary/aromatic N) is 2. The second kappa shape index (κ2) is 6.92. The number of benzene rings is 1. The summed E-state index contributed by atoms with van der Waals surface area (Å²) in [6, 6.07) is 3.73. The largest absolute Gasteiger partial charge is 0.478 e. The standard InChI is InChI=1S/C18H24N2O5S/c1-4-20(13-5-8-19(9-6-13)26(3,23)24)15-11-16-14(7-10-25-16)17(12(15)2)18(21)22/h7,10-11,13H,4-6,8-9H2,1-3H3,(H,21,22). The van der Waals surface area contributed by atoms with Gasteiger partial charge in [0.15, 0.2) is 0 Å². The third-order valence-corrected chi connectivity index (χ3v) is 6.49. The molecule has 1 aliphatic rings. The van der Waals surface area contributed by atoms with Crippen molar-refractivity contribution in [3.05, 3.63) is 29.5 Å². The van der Waals surface area contributed by atoms with E-state index in [0.717, 1.165) is 5.69 Å². The summed E-state index contributed by atoms with van der Waals surface area (Å²) in [4.78, 5) is 14.0. The van der Waals surface area contributed by atoms with Gasteiger partial charge in [0.25, 0.3) is 0 Å². The van der Waals surface area contributed by atoms with Crippen LogP contribution in [-0.4, -0.2) is 55.7 Å². The third kappa shape index (κ3) is 3.31. The van der Waals surface area contributed by atoms with Gasteiger partial charge in [0.2, 0.25) is 10.0 Å². The number of piperidine rings is 1. The molecule has 8 heteroatoms. The highest BCUT2D eigenvalue weighted by Gasteiger charge is 2.30. The molecule has 2 heterocycles. The van der Waals surface area contributed by atoms with Crippen molar-refractivity contribution in [2.75, 3.05) is 30.8 Å². The first-order valence-electron chi connectivity index (χ1n) is 8.70. The number of rotatable bonds is 5. The highest BCUT2D eigenvalue weighted by molar-refractivity contribution is 7.88. The minimum absolute atomic E-state index is 0.158. The van der Waals surface area contributed by atoms with Crippen molar-refractivity contribution in [3.8, 4) is 0 Å². The zero-order valence-electron chi connectivity index (χ0n) is 15.2. The molecule has 26 heavy (non-hydrogen) atoms. The zero-order chi connectivity index (χ0) is 19.1. The molecule has 0 saturated carbocycles. The summed E-state index contributed by atoms with van der Waals surface area (Å²) in [5.74, 6) is -0.973. The molecule has 1 aromatic carbocycles. The normalized spacial score (nSPS) is 16.9. The van der Waals surface area contributed by atoms with E-state index in [-0.39, 0.29) is 11.6 Å². The van der Waals surface area contributed by atoms with Crippen LogP contribution in [0.25, 0.3) is 11.0 Å². The van der Waals surface area contributed by atoms with Crippen LogP contribution in [0.5, 0.6) is 0 Å². The van der Waals surface area contributed by atoms with E-state index < -0.39 is 16.0 Å². The number of anilines is 1. The van der Waals surface area contributed by atoms with Gasteiger partial charge in [-0.05, 0) is 38.3 Å². The summed E-state index contributed by atoms with van der Waals surface area (Å²) in [6.45, 7) is 5.51. The molecule has 0 unspecified atom stereocenters. The number of furan rings is 1. The lowest BCUT2D eigenvalue weighted by Gasteiger charge is -2.39. The average molecular weight is 380 g/mol. The van der Waals surface area contributed by atoms with Gasteiger partial charge in [0, 0.05) is 42.8 Å². The van der Waals surface area contributed by atoms with Gasteiger partial charge in [0.1, 0.15) is 5.58 Å². The van der Waals surface area contributed by atoms with E-state index in [2.05, 4.69) is 4.90 Å². The molecule has 1 aliphatic heterocycles. The van der Waals surface area contributed by atoms with Crippen LogP contribution in [0.2, 0.25) is 0 Å². The van der Waals surface area contributed by atoms with E-state index >= 15 is 0 Å². The maximum atomic E-state index is 11.8. The monoisotopic (exact) mass is 380 g/mol. The van der Waals surface area contributed by atoms with Crippen LogP contribution in [0, 0.1) is 6.92 Å². The fourth-order valence-corrected chi connectivity index (χ4v) is 4.76. The van der Waals surface area contributed by atoms with E-state index in [4.69, 9.17) is 4.42 Å². The Hall–Kier alpha value is -2.06. The van der Waals surface area contributed by atoms with Crippen LogP contribution < -0.4 is 4.90 Å². The van der Waals surface area contributed by atoms with Crippen LogP contribution >= 0.6 is 0 Å². The van der Waals surface area contributed by atoms with Crippen molar-refractivity contribution in [2.45, 2.75) is 32.7 Å². The summed E-state index contributed by atoms with van der Waals surface area (Å²) in [6.07, 6.45) is 4.15. The van der Waals surface area contributed by atoms with E-state index in [9.17, 15) is 18.3 Å². The number of aromatic carboxylic acids is 1. The van der Waals surface area contributed by atoms with Gasteiger partial charge in [0.05, 0.1) is 18.1 Å².